The average molecular weight is 399 g/mol. The van der Waals surface area contributed by atoms with Gasteiger partial charge in [-0.1, -0.05) is 18.0 Å². The third-order valence-corrected chi connectivity index (χ3v) is 5.08. The minimum absolute atomic E-state index is 0. The van der Waals surface area contributed by atoms with Crippen molar-refractivity contribution in [3.05, 3.63) is 32.8 Å². The molecular weight excluding hydrogens is 377 g/mol. The standard InChI is InChI=1S/C15H20ClN3O3.2ClH/c16-11-4-5-12(19(21)22)13(15(11)20)14(10-2-1-3-10)18-8-6-17-7-9-18;;/h4-5,10,14,17,20H,1-3,6-9H2;2*1H/t14-;;/m0../s1. The largest absolute Gasteiger partial charge is 0.506 e. The van der Waals surface area contributed by atoms with Crippen molar-refractivity contribution < 1.29 is 10.0 Å². The number of nitrogens with zero attached hydrogens (tertiary/aromatic N) is 2. The van der Waals surface area contributed by atoms with E-state index in [0.29, 0.717) is 11.5 Å². The maximum Gasteiger partial charge on any atom is 0.278 e. The van der Waals surface area contributed by atoms with Gasteiger partial charge in [-0.05, 0) is 24.8 Å². The van der Waals surface area contributed by atoms with Gasteiger partial charge in [-0.25, -0.2) is 0 Å². The molecule has 2 fully saturated rings. The van der Waals surface area contributed by atoms with Crippen LogP contribution in [-0.2, 0) is 0 Å². The van der Waals surface area contributed by atoms with Gasteiger partial charge in [-0.2, -0.15) is 0 Å². The number of hydrogen-bond acceptors (Lipinski definition) is 5. The Balaban J connectivity index is 0.00000144. The molecule has 0 aromatic heterocycles. The van der Waals surface area contributed by atoms with Crippen molar-refractivity contribution in [2.24, 2.45) is 5.92 Å². The predicted octanol–water partition coefficient (Wildman–Crippen LogP) is 3.54. The van der Waals surface area contributed by atoms with Gasteiger partial charge in [-0.3, -0.25) is 15.0 Å². The topological polar surface area (TPSA) is 78.6 Å². The summed E-state index contributed by atoms with van der Waals surface area (Å²) in [6, 6.07) is 2.68. The number of hydrogen-bond donors (Lipinski definition) is 2. The molecular formula is C15H22Cl3N3O3. The third-order valence-electron chi connectivity index (χ3n) is 4.78. The molecule has 0 radical (unpaired) electrons. The fourth-order valence-electron chi connectivity index (χ4n) is 3.45. The predicted molar refractivity (Wildman–Crippen MR) is 98.8 cm³/mol. The van der Waals surface area contributed by atoms with Gasteiger partial charge in [0.1, 0.15) is 5.75 Å². The van der Waals surface area contributed by atoms with Gasteiger partial charge in [0, 0.05) is 38.3 Å². The van der Waals surface area contributed by atoms with E-state index in [1.165, 1.54) is 12.1 Å². The molecule has 1 aromatic carbocycles. The van der Waals surface area contributed by atoms with Crippen LogP contribution in [0.2, 0.25) is 5.02 Å². The summed E-state index contributed by atoms with van der Waals surface area (Å²) in [5.74, 6) is 0.215. The minimum atomic E-state index is -0.417. The number of phenols is 1. The quantitative estimate of drug-likeness (QED) is 0.599. The number of rotatable bonds is 4. The Labute approximate surface area is 158 Å². The molecule has 136 valence electrons. The van der Waals surface area contributed by atoms with Gasteiger partial charge in [-0.15, -0.1) is 24.8 Å². The number of halogens is 3. The zero-order valence-electron chi connectivity index (χ0n) is 13.1. The lowest BCUT2D eigenvalue weighted by Gasteiger charge is -2.43. The van der Waals surface area contributed by atoms with Crippen molar-refractivity contribution in [1.82, 2.24) is 10.2 Å². The molecule has 2 N–H and O–H groups in total. The molecule has 0 unspecified atom stereocenters. The number of benzene rings is 1. The van der Waals surface area contributed by atoms with E-state index in [0.717, 1.165) is 45.4 Å². The lowest BCUT2D eigenvalue weighted by atomic mass is 9.75. The number of piperazine rings is 1. The van der Waals surface area contributed by atoms with Gasteiger partial charge < -0.3 is 10.4 Å². The molecule has 1 saturated heterocycles. The molecule has 1 saturated carbocycles. The molecule has 0 amide bonds. The first-order valence-corrected chi connectivity index (χ1v) is 8.08. The molecule has 24 heavy (non-hydrogen) atoms. The summed E-state index contributed by atoms with van der Waals surface area (Å²) in [6.07, 6.45) is 3.22. The maximum atomic E-state index is 11.4. The van der Waals surface area contributed by atoms with Crippen LogP contribution in [0, 0.1) is 16.0 Å². The second-order valence-corrected chi connectivity index (χ2v) is 6.41. The van der Waals surface area contributed by atoms with E-state index in [2.05, 4.69) is 10.2 Å². The molecule has 1 aromatic rings. The van der Waals surface area contributed by atoms with Gasteiger partial charge in [0.25, 0.3) is 5.69 Å². The van der Waals surface area contributed by atoms with Crippen LogP contribution in [0.25, 0.3) is 0 Å². The Morgan fingerprint density at radius 1 is 1.29 bits per heavy atom. The zero-order valence-corrected chi connectivity index (χ0v) is 15.5. The summed E-state index contributed by atoms with van der Waals surface area (Å²) in [5.41, 5.74) is 0.362. The Bertz CT molecular complexity index is 579. The molecule has 6 nitrogen and oxygen atoms in total. The smallest absolute Gasteiger partial charge is 0.278 e. The van der Waals surface area contributed by atoms with Crippen LogP contribution in [0.3, 0.4) is 0 Å². The lowest BCUT2D eigenvalue weighted by molar-refractivity contribution is -0.386. The van der Waals surface area contributed by atoms with Crippen molar-refractivity contribution in [2.75, 3.05) is 26.2 Å². The highest BCUT2D eigenvalue weighted by atomic mass is 35.5. The van der Waals surface area contributed by atoms with Gasteiger partial charge >= 0.3 is 0 Å². The molecule has 1 aliphatic carbocycles. The Kier molecular flexibility index (Phi) is 8.02. The van der Waals surface area contributed by atoms with Crippen molar-refractivity contribution in [2.45, 2.75) is 25.3 Å². The summed E-state index contributed by atoms with van der Waals surface area (Å²) < 4.78 is 0. The van der Waals surface area contributed by atoms with Crippen LogP contribution in [0.1, 0.15) is 30.9 Å². The van der Waals surface area contributed by atoms with Crippen molar-refractivity contribution >= 4 is 42.1 Å². The number of nitro benzene ring substituents is 1. The molecule has 1 atom stereocenters. The zero-order chi connectivity index (χ0) is 15.7. The van der Waals surface area contributed by atoms with Crippen molar-refractivity contribution in [3.63, 3.8) is 0 Å². The van der Waals surface area contributed by atoms with Crippen molar-refractivity contribution in [1.29, 1.82) is 0 Å². The van der Waals surface area contributed by atoms with E-state index in [9.17, 15) is 15.2 Å². The molecule has 3 rings (SSSR count). The lowest BCUT2D eigenvalue weighted by Crippen LogP contribution is -2.48. The van der Waals surface area contributed by atoms with E-state index in [1.807, 2.05) is 0 Å². The number of aromatic hydroxyl groups is 1. The molecule has 0 spiro atoms. The Morgan fingerprint density at radius 3 is 2.42 bits per heavy atom. The van der Waals surface area contributed by atoms with E-state index in [1.54, 1.807) is 0 Å². The highest BCUT2D eigenvalue weighted by molar-refractivity contribution is 6.32. The van der Waals surface area contributed by atoms with E-state index in [-0.39, 0.29) is 47.3 Å². The van der Waals surface area contributed by atoms with Crippen LogP contribution < -0.4 is 5.32 Å². The van der Waals surface area contributed by atoms with Gasteiger partial charge in [0.05, 0.1) is 15.5 Å². The van der Waals surface area contributed by atoms with E-state index >= 15 is 0 Å². The van der Waals surface area contributed by atoms with E-state index < -0.39 is 4.92 Å². The summed E-state index contributed by atoms with van der Waals surface area (Å²) >= 11 is 6.04. The second-order valence-electron chi connectivity index (χ2n) is 6.01. The summed E-state index contributed by atoms with van der Waals surface area (Å²) in [7, 11) is 0. The molecule has 2 aliphatic rings. The van der Waals surface area contributed by atoms with Gasteiger partial charge in [0.15, 0.2) is 0 Å². The van der Waals surface area contributed by atoms with Crippen LogP contribution in [0.15, 0.2) is 12.1 Å². The minimum Gasteiger partial charge on any atom is -0.506 e. The third kappa shape index (κ3) is 4.06. The first kappa shape index (κ1) is 21.3. The normalized spacial score (nSPS) is 19.5. The first-order valence-electron chi connectivity index (χ1n) is 7.70. The summed E-state index contributed by atoms with van der Waals surface area (Å²) in [6.45, 7) is 3.37. The monoisotopic (exact) mass is 397 g/mol. The summed E-state index contributed by atoms with van der Waals surface area (Å²) in [4.78, 5) is 13.3. The summed E-state index contributed by atoms with van der Waals surface area (Å²) in [5, 5.41) is 25.3. The highest BCUT2D eigenvalue weighted by Crippen LogP contribution is 2.48. The number of phenolic OH excluding ortho intramolecular Hbond substituents is 1. The second kappa shape index (κ2) is 9.06. The fraction of sp³-hybridized carbons (Fsp3) is 0.600. The molecule has 9 heteroatoms. The van der Waals surface area contributed by atoms with Crippen LogP contribution in [0.4, 0.5) is 5.69 Å². The SMILES string of the molecule is Cl.Cl.O=[N+]([O-])c1ccc(Cl)c(O)c1[C@H](C1CCC1)N1CCNCC1. The van der Waals surface area contributed by atoms with Crippen molar-refractivity contribution in [3.8, 4) is 5.75 Å². The fourth-order valence-corrected chi connectivity index (χ4v) is 3.62. The molecule has 1 heterocycles. The number of nitro groups is 1. The van der Waals surface area contributed by atoms with E-state index in [4.69, 9.17) is 11.6 Å². The Morgan fingerprint density at radius 2 is 1.92 bits per heavy atom. The molecule has 0 bridgehead atoms. The van der Waals surface area contributed by atoms with Gasteiger partial charge in [0.2, 0.25) is 0 Å². The van der Waals surface area contributed by atoms with Crippen LogP contribution in [-0.4, -0.2) is 41.1 Å². The average Bonchev–Trinajstić information content (AvgIpc) is 2.46. The first-order chi connectivity index (χ1) is 10.6. The van der Waals surface area contributed by atoms with Crippen LogP contribution in [0.5, 0.6) is 5.75 Å². The maximum absolute atomic E-state index is 11.4. The van der Waals surface area contributed by atoms with Crippen LogP contribution >= 0.6 is 36.4 Å². The number of nitrogens with one attached hydrogen (secondary N) is 1. The Hall–Kier alpha value is -0.790. The highest BCUT2D eigenvalue weighted by Gasteiger charge is 2.39. The molecule has 1 aliphatic heterocycles.